The SMILES string of the molecule is CCC(=O)Nc1ccc(C)n(CC(=O)NCCOC)c1=O. The second kappa shape index (κ2) is 8.21. The standard InChI is InChI=1S/C14H21N3O4/c1-4-12(18)16-11-6-5-10(2)17(14(11)20)9-13(19)15-7-8-21-3/h5-6H,4,7-9H2,1-3H3,(H,15,19)(H,16,18). The molecule has 0 unspecified atom stereocenters. The molecule has 7 heteroatoms. The van der Waals surface area contributed by atoms with E-state index in [0.717, 1.165) is 0 Å². The number of nitrogens with zero attached hydrogens (tertiary/aromatic N) is 1. The van der Waals surface area contributed by atoms with E-state index in [1.54, 1.807) is 33.1 Å². The third kappa shape index (κ3) is 5.03. The van der Waals surface area contributed by atoms with Crippen molar-refractivity contribution in [2.45, 2.75) is 26.8 Å². The molecule has 0 bridgehead atoms. The lowest BCUT2D eigenvalue weighted by atomic mass is 10.3. The van der Waals surface area contributed by atoms with Crippen molar-refractivity contribution in [3.05, 3.63) is 28.2 Å². The second-order valence-electron chi connectivity index (χ2n) is 4.52. The normalized spacial score (nSPS) is 10.2. The first-order valence-electron chi connectivity index (χ1n) is 6.75. The Morgan fingerprint density at radius 1 is 1.29 bits per heavy atom. The number of aryl methyl sites for hydroxylation is 1. The summed E-state index contributed by atoms with van der Waals surface area (Å²) >= 11 is 0. The van der Waals surface area contributed by atoms with Crippen molar-refractivity contribution in [3.63, 3.8) is 0 Å². The van der Waals surface area contributed by atoms with Crippen molar-refractivity contribution < 1.29 is 14.3 Å². The van der Waals surface area contributed by atoms with Crippen LogP contribution in [0.3, 0.4) is 0 Å². The van der Waals surface area contributed by atoms with Crippen molar-refractivity contribution in [3.8, 4) is 0 Å². The van der Waals surface area contributed by atoms with E-state index in [9.17, 15) is 14.4 Å². The monoisotopic (exact) mass is 295 g/mol. The number of hydrogen-bond acceptors (Lipinski definition) is 4. The van der Waals surface area contributed by atoms with E-state index >= 15 is 0 Å². The molecule has 116 valence electrons. The fraction of sp³-hybridized carbons (Fsp3) is 0.500. The number of ether oxygens (including phenoxy) is 1. The van der Waals surface area contributed by atoms with E-state index in [4.69, 9.17) is 4.74 Å². The summed E-state index contributed by atoms with van der Waals surface area (Å²) in [7, 11) is 1.54. The van der Waals surface area contributed by atoms with Gasteiger partial charge in [-0.1, -0.05) is 6.92 Å². The number of carbonyl (C=O) groups excluding carboxylic acids is 2. The minimum Gasteiger partial charge on any atom is -0.383 e. The maximum absolute atomic E-state index is 12.3. The molecular weight excluding hydrogens is 274 g/mol. The summed E-state index contributed by atoms with van der Waals surface area (Å²) in [5.41, 5.74) is 0.437. The molecule has 1 aromatic heterocycles. The lowest BCUT2D eigenvalue weighted by Gasteiger charge is -2.12. The summed E-state index contributed by atoms with van der Waals surface area (Å²) in [6, 6.07) is 3.24. The Hall–Kier alpha value is -2.15. The molecule has 21 heavy (non-hydrogen) atoms. The van der Waals surface area contributed by atoms with Crippen LogP contribution in [-0.4, -0.2) is 36.6 Å². The van der Waals surface area contributed by atoms with Crippen molar-refractivity contribution >= 4 is 17.5 Å². The Balaban J connectivity index is 2.86. The summed E-state index contributed by atoms with van der Waals surface area (Å²) in [4.78, 5) is 35.4. The number of hydrogen-bond donors (Lipinski definition) is 2. The molecule has 0 spiro atoms. The molecule has 0 radical (unpaired) electrons. The zero-order valence-corrected chi connectivity index (χ0v) is 12.6. The Kier molecular flexibility index (Phi) is 6.61. The van der Waals surface area contributed by atoms with Crippen LogP contribution in [0.4, 0.5) is 5.69 Å². The Morgan fingerprint density at radius 3 is 2.62 bits per heavy atom. The van der Waals surface area contributed by atoms with Crippen molar-refractivity contribution in [2.75, 3.05) is 25.6 Å². The predicted molar refractivity (Wildman–Crippen MR) is 79.2 cm³/mol. The van der Waals surface area contributed by atoms with Gasteiger partial charge in [0.1, 0.15) is 12.2 Å². The van der Waals surface area contributed by atoms with Crippen molar-refractivity contribution in [2.24, 2.45) is 0 Å². The lowest BCUT2D eigenvalue weighted by Crippen LogP contribution is -2.35. The molecule has 7 nitrogen and oxygen atoms in total. The number of aromatic nitrogens is 1. The van der Waals surface area contributed by atoms with Crippen LogP contribution >= 0.6 is 0 Å². The van der Waals surface area contributed by atoms with Gasteiger partial charge >= 0.3 is 0 Å². The van der Waals surface area contributed by atoms with Crippen LogP contribution in [0.25, 0.3) is 0 Å². The van der Waals surface area contributed by atoms with E-state index < -0.39 is 5.56 Å². The Morgan fingerprint density at radius 2 is 2.00 bits per heavy atom. The zero-order chi connectivity index (χ0) is 15.8. The van der Waals surface area contributed by atoms with Crippen molar-refractivity contribution in [1.82, 2.24) is 9.88 Å². The largest absolute Gasteiger partial charge is 0.383 e. The molecule has 0 aliphatic carbocycles. The molecule has 1 rings (SSSR count). The molecule has 1 heterocycles. The topological polar surface area (TPSA) is 89.4 Å². The molecule has 0 aliphatic heterocycles. The third-order valence-electron chi connectivity index (χ3n) is 2.92. The number of amides is 2. The molecule has 0 aromatic carbocycles. The summed E-state index contributed by atoms with van der Waals surface area (Å²) in [5.74, 6) is -0.525. The molecular formula is C14H21N3O4. The summed E-state index contributed by atoms with van der Waals surface area (Å²) in [6.07, 6.45) is 0.283. The van der Waals surface area contributed by atoms with Crippen LogP contribution in [0.5, 0.6) is 0 Å². The van der Waals surface area contributed by atoms with Crippen molar-refractivity contribution in [1.29, 1.82) is 0 Å². The molecule has 0 fully saturated rings. The molecule has 0 atom stereocenters. The first-order valence-corrected chi connectivity index (χ1v) is 6.75. The van der Waals surface area contributed by atoms with Gasteiger partial charge in [-0.3, -0.25) is 14.4 Å². The Labute approximate surface area is 123 Å². The fourth-order valence-electron chi connectivity index (χ4n) is 1.69. The third-order valence-corrected chi connectivity index (χ3v) is 2.92. The average molecular weight is 295 g/mol. The van der Waals surface area contributed by atoms with Crippen LogP contribution in [0.1, 0.15) is 19.0 Å². The highest BCUT2D eigenvalue weighted by Gasteiger charge is 2.11. The first-order chi connectivity index (χ1) is 9.99. The minimum atomic E-state index is -0.390. The quantitative estimate of drug-likeness (QED) is 0.707. The number of nitrogens with one attached hydrogen (secondary N) is 2. The second-order valence-corrected chi connectivity index (χ2v) is 4.52. The van der Waals surface area contributed by atoms with Gasteiger partial charge in [-0.05, 0) is 19.1 Å². The summed E-state index contributed by atoms with van der Waals surface area (Å²) in [6.45, 7) is 4.13. The van der Waals surface area contributed by atoms with Crippen LogP contribution < -0.4 is 16.2 Å². The van der Waals surface area contributed by atoms with Gasteiger partial charge in [0.15, 0.2) is 0 Å². The first kappa shape index (κ1) is 16.9. The molecule has 2 N–H and O–H groups in total. The van der Waals surface area contributed by atoms with Crippen LogP contribution in [0.2, 0.25) is 0 Å². The van der Waals surface area contributed by atoms with Gasteiger partial charge in [0.05, 0.1) is 6.61 Å². The van der Waals surface area contributed by atoms with Gasteiger partial charge in [0, 0.05) is 25.8 Å². The maximum Gasteiger partial charge on any atom is 0.274 e. The number of carbonyl (C=O) groups is 2. The van der Waals surface area contributed by atoms with E-state index in [1.165, 1.54) is 4.57 Å². The summed E-state index contributed by atoms with van der Waals surface area (Å²) < 4.78 is 6.16. The number of anilines is 1. The van der Waals surface area contributed by atoms with Gasteiger partial charge < -0.3 is 19.9 Å². The highest BCUT2D eigenvalue weighted by atomic mass is 16.5. The number of pyridine rings is 1. The fourth-order valence-corrected chi connectivity index (χ4v) is 1.69. The molecule has 2 amide bonds. The van der Waals surface area contributed by atoms with Gasteiger partial charge in [0.2, 0.25) is 11.8 Å². The number of methoxy groups -OCH3 is 1. The van der Waals surface area contributed by atoms with Crippen LogP contribution in [0, 0.1) is 6.92 Å². The molecule has 0 saturated carbocycles. The van der Waals surface area contributed by atoms with Gasteiger partial charge in [0.25, 0.3) is 5.56 Å². The van der Waals surface area contributed by atoms with E-state index in [1.807, 2.05) is 0 Å². The van der Waals surface area contributed by atoms with Crippen LogP contribution in [0.15, 0.2) is 16.9 Å². The average Bonchev–Trinajstić information content (AvgIpc) is 2.46. The minimum absolute atomic E-state index is 0.0930. The number of rotatable bonds is 7. The van der Waals surface area contributed by atoms with E-state index in [0.29, 0.717) is 18.8 Å². The molecule has 0 saturated heterocycles. The Bertz CT molecular complexity index is 566. The smallest absolute Gasteiger partial charge is 0.274 e. The van der Waals surface area contributed by atoms with E-state index in [2.05, 4.69) is 10.6 Å². The van der Waals surface area contributed by atoms with Gasteiger partial charge in [-0.25, -0.2) is 0 Å². The lowest BCUT2D eigenvalue weighted by molar-refractivity contribution is -0.122. The maximum atomic E-state index is 12.3. The highest BCUT2D eigenvalue weighted by Crippen LogP contribution is 2.04. The highest BCUT2D eigenvalue weighted by molar-refractivity contribution is 5.90. The molecule has 0 aliphatic rings. The van der Waals surface area contributed by atoms with Gasteiger partial charge in [-0.2, -0.15) is 0 Å². The predicted octanol–water partition coefficient (Wildman–Crippen LogP) is 0.268. The zero-order valence-electron chi connectivity index (χ0n) is 12.6. The van der Waals surface area contributed by atoms with Crippen LogP contribution in [-0.2, 0) is 20.9 Å². The molecule has 1 aromatic rings. The van der Waals surface area contributed by atoms with Gasteiger partial charge in [-0.15, -0.1) is 0 Å². The summed E-state index contributed by atoms with van der Waals surface area (Å²) in [5, 5.41) is 5.18. The van der Waals surface area contributed by atoms with E-state index in [-0.39, 0.29) is 30.5 Å².